The quantitative estimate of drug-likeness (QED) is 0.848. The Morgan fingerprint density at radius 2 is 1.85 bits per heavy atom. The van der Waals surface area contributed by atoms with Crippen LogP contribution in [0, 0.1) is 5.82 Å². The van der Waals surface area contributed by atoms with Gasteiger partial charge in [-0.1, -0.05) is 24.3 Å². The van der Waals surface area contributed by atoms with Crippen molar-refractivity contribution in [2.24, 2.45) is 0 Å². The van der Waals surface area contributed by atoms with Crippen LogP contribution in [0.25, 0.3) is 0 Å². The number of aliphatic hydroxyl groups is 1. The maximum absolute atomic E-state index is 13.1. The monoisotopic (exact) mass is 370 g/mol. The molecule has 4 nitrogen and oxygen atoms in total. The van der Waals surface area contributed by atoms with Crippen molar-refractivity contribution in [2.75, 3.05) is 32.8 Å². The summed E-state index contributed by atoms with van der Waals surface area (Å²) in [5, 5.41) is 9.51. The van der Waals surface area contributed by atoms with Gasteiger partial charge in [-0.05, 0) is 41.3 Å². The highest BCUT2D eigenvalue weighted by molar-refractivity contribution is 5.39. The molecule has 0 radical (unpaired) electrons. The van der Waals surface area contributed by atoms with E-state index in [2.05, 4.69) is 28.0 Å². The molecule has 2 aromatic rings. The van der Waals surface area contributed by atoms with Crippen molar-refractivity contribution in [3.8, 4) is 5.75 Å². The fourth-order valence-electron chi connectivity index (χ4n) is 4.15. The predicted octanol–water partition coefficient (Wildman–Crippen LogP) is 2.83. The molecule has 1 saturated heterocycles. The van der Waals surface area contributed by atoms with Gasteiger partial charge in [-0.3, -0.25) is 9.80 Å². The van der Waals surface area contributed by atoms with Crippen molar-refractivity contribution in [1.82, 2.24) is 9.80 Å². The molecule has 0 amide bonds. The molecular weight excluding hydrogens is 343 g/mol. The Balaban J connectivity index is 1.39. The number of aliphatic hydroxyl groups excluding tert-OH is 1. The first-order valence-electron chi connectivity index (χ1n) is 9.77. The van der Waals surface area contributed by atoms with Gasteiger partial charge in [0.15, 0.2) is 0 Å². The molecule has 1 fully saturated rings. The van der Waals surface area contributed by atoms with Crippen LogP contribution in [0.15, 0.2) is 42.5 Å². The van der Waals surface area contributed by atoms with Gasteiger partial charge in [-0.25, -0.2) is 4.39 Å². The van der Waals surface area contributed by atoms with E-state index in [0.717, 1.165) is 63.5 Å². The first kappa shape index (κ1) is 18.4. The molecule has 0 spiro atoms. The number of fused-ring (bicyclic) bond motifs is 1. The first-order valence-corrected chi connectivity index (χ1v) is 9.77. The molecule has 2 heterocycles. The summed E-state index contributed by atoms with van der Waals surface area (Å²) in [4.78, 5) is 4.88. The van der Waals surface area contributed by atoms with Gasteiger partial charge in [0.05, 0.1) is 6.61 Å². The van der Waals surface area contributed by atoms with Crippen LogP contribution in [0.2, 0.25) is 0 Å². The van der Waals surface area contributed by atoms with Gasteiger partial charge >= 0.3 is 0 Å². The second-order valence-corrected chi connectivity index (χ2v) is 7.54. The van der Waals surface area contributed by atoms with E-state index in [1.54, 1.807) is 0 Å². The highest BCUT2D eigenvalue weighted by Crippen LogP contribution is 2.27. The summed E-state index contributed by atoms with van der Waals surface area (Å²) in [6, 6.07) is 13.6. The van der Waals surface area contributed by atoms with Crippen LogP contribution in [0.4, 0.5) is 4.39 Å². The Hall–Kier alpha value is -1.95. The van der Waals surface area contributed by atoms with E-state index in [1.807, 2.05) is 12.1 Å². The lowest BCUT2D eigenvalue weighted by Gasteiger charge is -2.41. The van der Waals surface area contributed by atoms with Crippen LogP contribution in [-0.4, -0.2) is 53.8 Å². The molecule has 0 unspecified atom stereocenters. The molecule has 2 aliphatic rings. The van der Waals surface area contributed by atoms with Crippen LogP contribution < -0.4 is 4.74 Å². The van der Waals surface area contributed by atoms with Crippen molar-refractivity contribution in [2.45, 2.75) is 32.0 Å². The molecule has 1 N–H and O–H groups in total. The summed E-state index contributed by atoms with van der Waals surface area (Å²) in [7, 11) is 0. The molecule has 1 atom stereocenters. The summed E-state index contributed by atoms with van der Waals surface area (Å²) >= 11 is 0. The molecule has 5 heteroatoms. The largest absolute Gasteiger partial charge is 0.493 e. The van der Waals surface area contributed by atoms with E-state index in [0.29, 0.717) is 6.04 Å². The second kappa shape index (κ2) is 8.38. The normalized spacial score (nSPS) is 20.4. The molecule has 2 aliphatic heterocycles. The fraction of sp³-hybridized carbons (Fsp3) is 0.455. The van der Waals surface area contributed by atoms with Crippen molar-refractivity contribution in [3.63, 3.8) is 0 Å². The van der Waals surface area contributed by atoms with Crippen LogP contribution in [0.1, 0.15) is 23.1 Å². The molecule has 0 aromatic heterocycles. The van der Waals surface area contributed by atoms with Gasteiger partial charge < -0.3 is 9.84 Å². The number of nitrogens with zero attached hydrogens (tertiary/aromatic N) is 2. The predicted molar refractivity (Wildman–Crippen MR) is 103 cm³/mol. The van der Waals surface area contributed by atoms with Crippen molar-refractivity contribution in [1.29, 1.82) is 0 Å². The van der Waals surface area contributed by atoms with Crippen LogP contribution in [0.3, 0.4) is 0 Å². The summed E-state index contributed by atoms with van der Waals surface area (Å²) < 4.78 is 18.7. The van der Waals surface area contributed by atoms with E-state index in [1.165, 1.54) is 23.3 Å². The molecule has 27 heavy (non-hydrogen) atoms. The van der Waals surface area contributed by atoms with E-state index in [9.17, 15) is 9.50 Å². The molecule has 0 bridgehead atoms. The fourth-order valence-corrected chi connectivity index (χ4v) is 4.15. The lowest BCUT2D eigenvalue weighted by Crippen LogP contribution is -2.52. The smallest absolute Gasteiger partial charge is 0.123 e. The van der Waals surface area contributed by atoms with E-state index < -0.39 is 0 Å². The summed E-state index contributed by atoms with van der Waals surface area (Å²) in [5.41, 5.74) is 3.76. The Morgan fingerprint density at radius 3 is 2.67 bits per heavy atom. The van der Waals surface area contributed by atoms with Gasteiger partial charge in [-0.2, -0.15) is 0 Å². The number of ether oxygens (including phenoxy) is 1. The summed E-state index contributed by atoms with van der Waals surface area (Å²) in [6.07, 6.45) is 1.76. The first-order chi connectivity index (χ1) is 13.2. The van der Waals surface area contributed by atoms with Crippen molar-refractivity contribution < 1.29 is 14.2 Å². The van der Waals surface area contributed by atoms with E-state index in [4.69, 9.17) is 4.74 Å². The highest BCUT2D eigenvalue weighted by atomic mass is 19.1. The highest BCUT2D eigenvalue weighted by Gasteiger charge is 2.27. The van der Waals surface area contributed by atoms with Gasteiger partial charge in [0.1, 0.15) is 11.6 Å². The zero-order chi connectivity index (χ0) is 18.6. The number of benzene rings is 2. The van der Waals surface area contributed by atoms with E-state index >= 15 is 0 Å². The topological polar surface area (TPSA) is 35.9 Å². The van der Waals surface area contributed by atoms with Crippen LogP contribution in [0.5, 0.6) is 5.75 Å². The molecular formula is C22H27FN2O2. The summed E-state index contributed by atoms with van der Waals surface area (Å²) in [5.74, 6) is 0.830. The van der Waals surface area contributed by atoms with Crippen LogP contribution in [-0.2, 0) is 19.5 Å². The third-order valence-corrected chi connectivity index (χ3v) is 5.61. The number of hydrogen-bond donors (Lipinski definition) is 1. The lowest BCUT2D eigenvalue weighted by molar-refractivity contribution is 0.0499. The average molecular weight is 370 g/mol. The standard InChI is InChI=1S/C22H27FN2O2/c23-20-4-1-17(2-5-20)15-25-10-9-24(16-21(25)7-11-26)14-18-3-6-22-19(13-18)8-12-27-22/h1-6,13,21,26H,7-12,14-16H2/t21-/m1/s1. The molecule has 4 rings (SSSR count). The third-order valence-electron chi connectivity index (χ3n) is 5.61. The van der Waals surface area contributed by atoms with Gasteiger partial charge in [0.2, 0.25) is 0 Å². The summed E-state index contributed by atoms with van der Waals surface area (Å²) in [6.45, 7) is 5.60. The Morgan fingerprint density at radius 1 is 1.04 bits per heavy atom. The minimum absolute atomic E-state index is 0.189. The number of piperazine rings is 1. The van der Waals surface area contributed by atoms with E-state index in [-0.39, 0.29) is 12.4 Å². The van der Waals surface area contributed by atoms with Gasteiger partial charge in [-0.15, -0.1) is 0 Å². The maximum Gasteiger partial charge on any atom is 0.123 e. The van der Waals surface area contributed by atoms with Crippen molar-refractivity contribution >= 4 is 0 Å². The zero-order valence-corrected chi connectivity index (χ0v) is 15.6. The van der Waals surface area contributed by atoms with Crippen LogP contribution >= 0.6 is 0 Å². The van der Waals surface area contributed by atoms with Crippen molar-refractivity contribution in [3.05, 3.63) is 65.0 Å². The second-order valence-electron chi connectivity index (χ2n) is 7.54. The zero-order valence-electron chi connectivity index (χ0n) is 15.6. The SMILES string of the molecule is OCC[C@@H]1CN(Cc2ccc3c(c2)CCO3)CCN1Cc1ccc(F)cc1. The molecule has 144 valence electrons. The maximum atomic E-state index is 13.1. The number of halogens is 1. The lowest BCUT2D eigenvalue weighted by atomic mass is 10.0. The minimum atomic E-state index is -0.199. The van der Waals surface area contributed by atoms with Gasteiger partial charge in [0, 0.05) is 51.8 Å². The molecule has 0 saturated carbocycles. The minimum Gasteiger partial charge on any atom is -0.493 e. The Labute approximate surface area is 160 Å². The number of hydrogen-bond acceptors (Lipinski definition) is 4. The molecule has 0 aliphatic carbocycles. The Bertz CT molecular complexity index is 765. The molecule has 2 aromatic carbocycles. The van der Waals surface area contributed by atoms with Gasteiger partial charge in [0.25, 0.3) is 0 Å². The number of rotatable bonds is 6. The Kier molecular flexibility index (Phi) is 5.72. The third kappa shape index (κ3) is 4.49. The average Bonchev–Trinajstić information content (AvgIpc) is 3.14.